The Bertz CT molecular complexity index is 567. The molecule has 1 atom stereocenters. The molecule has 1 unspecified atom stereocenters. The second-order valence-electron chi connectivity index (χ2n) is 6.29. The fraction of sp³-hybridized carbons (Fsp3) is 0.500. The van der Waals surface area contributed by atoms with E-state index in [-0.39, 0.29) is 36.6 Å². The molecule has 0 heterocycles. The van der Waals surface area contributed by atoms with Crippen molar-refractivity contribution in [3.05, 3.63) is 29.8 Å². The Labute approximate surface area is 142 Å². The van der Waals surface area contributed by atoms with Gasteiger partial charge in [0.05, 0.1) is 6.42 Å². The molecule has 0 aliphatic carbocycles. The molecule has 132 valence electrons. The number of hydrogen-bond acceptors (Lipinski definition) is 3. The first-order valence-corrected chi connectivity index (χ1v) is 8.20. The predicted molar refractivity (Wildman–Crippen MR) is 92.7 cm³/mol. The summed E-state index contributed by atoms with van der Waals surface area (Å²) in [6.45, 7) is 5.87. The zero-order chi connectivity index (χ0) is 18.1. The summed E-state index contributed by atoms with van der Waals surface area (Å²) in [5.74, 6) is -0.837. The zero-order valence-corrected chi connectivity index (χ0v) is 14.5. The summed E-state index contributed by atoms with van der Waals surface area (Å²) in [4.78, 5) is 34.5. The molecule has 24 heavy (non-hydrogen) atoms. The Balaban J connectivity index is 2.51. The first kappa shape index (κ1) is 19.7. The summed E-state index contributed by atoms with van der Waals surface area (Å²) >= 11 is 0. The van der Waals surface area contributed by atoms with Crippen LogP contribution in [0.2, 0.25) is 0 Å². The van der Waals surface area contributed by atoms with Crippen LogP contribution in [0, 0.1) is 5.92 Å². The molecular formula is C18H26N2O4. The van der Waals surface area contributed by atoms with E-state index in [4.69, 9.17) is 5.11 Å². The second-order valence-corrected chi connectivity index (χ2v) is 6.29. The normalized spacial score (nSPS) is 11.8. The molecule has 0 aliphatic rings. The van der Waals surface area contributed by atoms with Crippen LogP contribution in [-0.2, 0) is 20.8 Å². The van der Waals surface area contributed by atoms with Gasteiger partial charge in [0, 0.05) is 24.6 Å². The molecule has 0 fully saturated rings. The van der Waals surface area contributed by atoms with Crippen molar-refractivity contribution in [2.75, 3.05) is 5.32 Å². The maximum atomic E-state index is 12.1. The van der Waals surface area contributed by atoms with Crippen molar-refractivity contribution in [2.45, 2.75) is 52.5 Å². The number of carbonyl (C=O) groups is 3. The molecule has 3 N–H and O–H groups in total. The van der Waals surface area contributed by atoms with Crippen molar-refractivity contribution in [3.63, 3.8) is 0 Å². The van der Waals surface area contributed by atoms with Crippen LogP contribution in [0.4, 0.5) is 5.69 Å². The fourth-order valence-corrected chi connectivity index (χ4v) is 2.27. The van der Waals surface area contributed by atoms with Gasteiger partial charge in [-0.05, 0) is 30.0 Å². The quantitative estimate of drug-likeness (QED) is 0.647. The van der Waals surface area contributed by atoms with Crippen molar-refractivity contribution in [1.82, 2.24) is 5.32 Å². The van der Waals surface area contributed by atoms with Crippen LogP contribution < -0.4 is 10.6 Å². The standard InChI is InChI=1S/C18H26N2O4/c1-4-14(19-16(21)9-12(2)3)11-17(22)20-15-7-5-13(6-8-15)10-18(23)24/h5-8,12,14H,4,9-11H2,1-3H3,(H,19,21)(H,20,22)(H,23,24). The van der Waals surface area contributed by atoms with Gasteiger partial charge in [0.25, 0.3) is 0 Å². The van der Waals surface area contributed by atoms with Crippen LogP contribution in [0.1, 0.15) is 45.6 Å². The van der Waals surface area contributed by atoms with E-state index in [9.17, 15) is 14.4 Å². The molecule has 2 amide bonds. The van der Waals surface area contributed by atoms with Gasteiger partial charge in [-0.3, -0.25) is 14.4 Å². The molecule has 0 radical (unpaired) electrons. The molecule has 0 saturated heterocycles. The van der Waals surface area contributed by atoms with E-state index < -0.39 is 5.97 Å². The van der Waals surface area contributed by atoms with Crippen molar-refractivity contribution in [2.24, 2.45) is 5.92 Å². The average Bonchev–Trinajstić information content (AvgIpc) is 2.47. The molecule has 6 nitrogen and oxygen atoms in total. The highest BCUT2D eigenvalue weighted by molar-refractivity contribution is 5.91. The van der Waals surface area contributed by atoms with E-state index in [1.54, 1.807) is 24.3 Å². The van der Waals surface area contributed by atoms with E-state index in [2.05, 4.69) is 10.6 Å². The van der Waals surface area contributed by atoms with Gasteiger partial charge >= 0.3 is 5.97 Å². The van der Waals surface area contributed by atoms with E-state index in [0.717, 1.165) is 0 Å². The smallest absolute Gasteiger partial charge is 0.307 e. The first-order chi connectivity index (χ1) is 11.3. The number of carboxylic acid groups (broad SMARTS) is 1. The highest BCUT2D eigenvalue weighted by atomic mass is 16.4. The van der Waals surface area contributed by atoms with E-state index in [1.807, 2.05) is 20.8 Å². The monoisotopic (exact) mass is 334 g/mol. The Hall–Kier alpha value is -2.37. The third kappa shape index (κ3) is 7.76. The van der Waals surface area contributed by atoms with Gasteiger partial charge < -0.3 is 15.7 Å². The summed E-state index contributed by atoms with van der Waals surface area (Å²) < 4.78 is 0. The molecule has 0 aromatic heterocycles. The summed E-state index contributed by atoms with van der Waals surface area (Å²) in [7, 11) is 0. The molecule has 0 saturated carbocycles. The van der Waals surface area contributed by atoms with E-state index in [0.29, 0.717) is 24.1 Å². The number of benzene rings is 1. The minimum atomic E-state index is -0.894. The van der Waals surface area contributed by atoms with Crippen LogP contribution in [-0.4, -0.2) is 28.9 Å². The van der Waals surface area contributed by atoms with Crippen LogP contribution >= 0.6 is 0 Å². The van der Waals surface area contributed by atoms with Gasteiger partial charge in [0.2, 0.25) is 11.8 Å². The van der Waals surface area contributed by atoms with Crippen molar-refractivity contribution in [1.29, 1.82) is 0 Å². The van der Waals surface area contributed by atoms with E-state index in [1.165, 1.54) is 0 Å². The average molecular weight is 334 g/mol. The first-order valence-electron chi connectivity index (χ1n) is 8.20. The molecule has 0 aliphatic heterocycles. The lowest BCUT2D eigenvalue weighted by Gasteiger charge is -2.17. The van der Waals surface area contributed by atoms with Crippen LogP contribution in [0.3, 0.4) is 0 Å². The van der Waals surface area contributed by atoms with Crippen molar-refractivity contribution < 1.29 is 19.5 Å². The van der Waals surface area contributed by atoms with Gasteiger partial charge in [-0.2, -0.15) is 0 Å². The lowest BCUT2D eigenvalue weighted by atomic mass is 10.1. The number of rotatable bonds is 9. The fourth-order valence-electron chi connectivity index (χ4n) is 2.27. The Kier molecular flexibility index (Phi) is 7.95. The molecule has 1 aromatic rings. The van der Waals surface area contributed by atoms with E-state index >= 15 is 0 Å². The van der Waals surface area contributed by atoms with Gasteiger partial charge in [0.15, 0.2) is 0 Å². The lowest BCUT2D eigenvalue weighted by Crippen LogP contribution is -2.37. The minimum absolute atomic E-state index is 0.0392. The van der Waals surface area contributed by atoms with Crippen molar-refractivity contribution in [3.8, 4) is 0 Å². The Morgan fingerprint density at radius 1 is 1.04 bits per heavy atom. The maximum absolute atomic E-state index is 12.1. The maximum Gasteiger partial charge on any atom is 0.307 e. The zero-order valence-electron chi connectivity index (χ0n) is 14.5. The number of amides is 2. The molecule has 1 aromatic carbocycles. The number of aliphatic carboxylic acids is 1. The van der Waals surface area contributed by atoms with Crippen LogP contribution in [0.15, 0.2) is 24.3 Å². The molecular weight excluding hydrogens is 308 g/mol. The van der Waals surface area contributed by atoms with Crippen LogP contribution in [0.25, 0.3) is 0 Å². The lowest BCUT2D eigenvalue weighted by molar-refractivity contribution is -0.136. The number of carboxylic acids is 1. The second kappa shape index (κ2) is 9.70. The highest BCUT2D eigenvalue weighted by Gasteiger charge is 2.15. The molecule has 1 rings (SSSR count). The third-order valence-electron chi connectivity index (χ3n) is 3.48. The van der Waals surface area contributed by atoms with Crippen molar-refractivity contribution >= 4 is 23.5 Å². The summed E-state index contributed by atoms with van der Waals surface area (Å²) in [5, 5.41) is 14.4. The molecule has 0 spiro atoms. The molecule has 6 heteroatoms. The minimum Gasteiger partial charge on any atom is -0.481 e. The highest BCUT2D eigenvalue weighted by Crippen LogP contribution is 2.11. The van der Waals surface area contributed by atoms with Gasteiger partial charge in [-0.1, -0.05) is 32.9 Å². The Morgan fingerprint density at radius 2 is 1.67 bits per heavy atom. The predicted octanol–water partition coefficient (Wildman–Crippen LogP) is 2.58. The number of hydrogen-bond donors (Lipinski definition) is 3. The SMILES string of the molecule is CCC(CC(=O)Nc1ccc(CC(=O)O)cc1)NC(=O)CC(C)C. The topological polar surface area (TPSA) is 95.5 Å². The van der Waals surface area contributed by atoms with Gasteiger partial charge in [-0.25, -0.2) is 0 Å². The number of carbonyl (C=O) groups excluding carboxylic acids is 2. The van der Waals surface area contributed by atoms with Gasteiger partial charge in [-0.15, -0.1) is 0 Å². The van der Waals surface area contributed by atoms with Crippen LogP contribution in [0.5, 0.6) is 0 Å². The Morgan fingerprint density at radius 3 is 2.17 bits per heavy atom. The summed E-state index contributed by atoms with van der Waals surface area (Å²) in [6, 6.07) is 6.50. The summed E-state index contributed by atoms with van der Waals surface area (Å²) in [6.07, 6.45) is 1.28. The number of nitrogens with one attached hydrogen (secondary N) is 2. The third-order valence-corrected chi connectivity index (χ3v) is 3.48. The summed E-state index contributed by atoms with van der Waals surface area (Å²) in [5.41, 5.74) is 1.28. The number of anilines is 1. The molecule has 0 bridgehead atoms. The van der Waals surface area contributed by atoms with Gasteiger partial charge in [0.1, 0.15) is 0 Å². The largest absolute Gasteiger partial charge is 0.481 e.